The Kier molecular flexibility index (Phi) is 5.05. The summed E-state index contributed by atoms with van der Waals surface area (Å²) in [4.78, 5) is 12.9. The second kappa shape index (κ2) is 7.78. The van der Waals surface area contributed by atoms with Gasteiger partial charge in [0.2, 0.25) is 0 Å². The average Bonchev–Trinajstić information content (AvgIpc) is 2.73. The third kappa shape index (κ3) is 3.65. The van der Waals surface area contributed by atoms with Crippen LogP contribution in [0.25, 0.3) is 10.8 Å². The van der Waals surface area contributed by atoms with Crippen molar-refractivity contribution in [1.82, 2.24) is 0 Å². The van der Waals surface area contributed by atoms with Crippen LogP contribution in [0.1, 0.15) is 28.6 Å². The summed E-state index contributed by atoms with van der Waals surface area (Å²) in [6, 6.07) is 19.1. The fourth-order valence-electron chi connectivity index (χ4n) is 3.28. The minimum Gasteiger partial charge on any atom is -0.495 e. The Hall–Kier alpha value is -2.89. The third-order valence-electron chi connectivity index (χ3n) is 4.57. The summed E-state index contributed by atoms with van der Waals surface area (Å²) in [5, 5.41) is 4.88. The van der Waals surface area contributed by atoms with E-state index >= 15 is 0 Å². The number of hydrogen-bond donors (Lipinski definition) is 1. The lowest BCUT2D eigenvalue weighted by molar-refractivity contribution is -0.183. The minimum atomic E-state index is -0.384. The minimum absolute atomic E-state index is 0.222. The van der Waals surface area contributed by atoms with Crippen molar-refractivity contribution in [3.05, 3.63) is 71.8 Å². The van der Waals surface area contributed by atoms with Gasteiger partial charge in [-0.15, -0.1) is 0 Å². The Balaban J connectivity index is 1.60. The van der Waals surface area contributed by atoms with Crippen LogP contribution in [0.4, 0.5) is 5.69 Å². The first-order valence-corrected chi connectivity index (χ1v) is 8.96. The molecule has 0 aliphatic carbocycles. The zero-order valence-corrected chi connectivity index (χ0v) is 15.1. The van der Waals surface area contributed by atoms with Crippen LogP contribution >= 0.6 is 0 Å². The van der Waals surface area contributed by atoms with Gasteiger partial charge < -0.3 is 19.5 Å². The summed E-state index contributed by atoms with van der Waals surface area (Å²) in [5.41, 5.74) is 2.07. The molecule has 27 heavy (non-hydrogen) atoms. The van der Waals surface area contributed by atoms with E-state index in [1.54, 1.807) is 13.2 Å². The van der Waals surface area contributed by atoms with E-state index in [4.69, 9.17) is 14.2 Å². The highest BCUT2D eigenvalue weighted by molar-refractivity contribution is 6.10. The molecule has 1 heterocycles. The number of rotatable bonds is 4. The number of amides is 1. The van der Waals surface area contributed by atoms with E-state index in [1.807, 2.05) is 54.6 Å². The molecule has 1 fully saturated rings. The maximum Gasteiger partial charge on any atom is 0.259 e. The number of anilines is 1. The van der Waals surface area contributed by atoms with Crippen LogP contribution in [0, 0.1) is 0 Å². The fraction of sp³-hybridized carbons (Fsp3) is 0.227. The first-order chi connectivity index (χ1) is 13.3. The Labute approximate surface area is 157 Å². The van der Waals surface area contributed by atoms with E-state index in [-0.39, 0.29) is 12.2 Å². The van der Waals surface area contributed by atoms with Crippen molar-refractivity contribution in [3.8, 4) is 5.75 Å². The highest BCUT2D eigenvalue weighted by Gasteiger charge is 2.18. The second-order valence-electron chi connectivity index (χ2n) is 6.37. The molecule has 3 aromatic carbocycles. The van der Waals surface area contributed by atoms with Gasteiger partial charge in [0.15, 0.2) is 6.29 Å². The van der Waals surface area contributed by atoms with Crippen LogP contribution in [-0.4, -0.2) is 26.2 Å². The molecule has 4 rings (SSSR count). The van der Waals surface area contributed by atoms with Crippen molar-refractivity contribution in [2.24, 2.45) is 0 Å². The molecule has 0 atom stereocenters. The lowest BCUT2D eigenvalue weighted by Crippen LogP contribution is -2.18. The summed E-state index contributed by atoms with van der Waals surface area (Å²) in [5.74, 6) is 0.348. The second-order valence-corrected chi connectivity index (χ2v) is 6.37. The first-order valence-electron chi connectivity index (χ1n) is 8.96. The molecular weight excluding hydrogens is 342 g/mol. The third-order valence-corrected chi connectivity index (χ3v) is 4.57. The Morgan fingerprint density at radius 2 is 1.85 bits per heavy atom. The van der Waals surface area contributed by atoms with Crippen molar-refractivity contribution in [1.29, 1.82) is 0 Å². The number of carbonyl (C=O) groups is 1. The largest absolute Gasteiger partial charge is 0.495 e. The fourth-order valence-corrected chi connectivity index (χ4v) is 3.28. The standard InChI is InChI=1S/C22H21NO4/c1-25-20-18-9-3-2-6-15(18)10-11-19(20)21(24)23-17-8-4-7-16(14-17)22-26-12-5-13-27-22/h2-4,6-11,14,22H,5,12-13H2,1H3,(H,23,24). The van der Waals surface area contributed by atoms with Gasteiger partial charge >= 0.3 is 0 Å². The quantitative estimate of drug-likeness (QED) is 0.740. The van der Waals surface area contributed by atoms with Crippen molar-refractivity contribution < 1.29 is 19.0 Å². The number of hydrogen-bond acceptors (Lipinski definition) is 4. The monoisotopic (exact) mass is 363 g/mol. The molecule has 0 aromatic heterocycles. The van der Waals surface area contributed by atoms with E-state index in [9.17, 15) is 4.79 Å². The van der Waals surface area contributed by atoms with Gasteiger partial charge in [-0.3, -0.25) is 4.79 Å². The normalized spacial score (nSPS) is 14.9. The summed E-state index contributed by atoms with van der Waals surface area (Å²) in [6.07, 6.45) is 0.514. The first kappa shape index (κ1) is 17.5. The molecule has 0 bridgehead atoms. The van der Waals surface area contributed by atoms with Crippen LogP contribution in [0.15, 0.2) is 60.7 Å². The molecule has 5 heteroatoms. The molecule has 0 unspecified atom stereocenters. The summed E-state index contributed by atoms with van der Waals surface area (Å²) < 4.78 is 16.8. The predicted octanol–water partition coefficient (Wildman–Crippen LogP) is 4.54. The van der Waals surface area contributed by atoms with Crippen LogP contribution in [0.3, 0.4) is 0 Å². The van der Waals surface area contributed by atoms with Gasteiger partial charge in [0, 0.05) is 16.6 Å². The van der Waals surface area contributed by atoms with E-state index in [0.717, 1.165) is 22.8 Å². The topological polar surface area (TPSA) is 56.8 Å². The smallest absolute Gasteiger partial charge is 0.259 e. The number of benzene rings is 3. The molecule has 1 aliphatic heterocycles. The Morgan fingerprint density at radius 1 is 1.04 bits per heavy atom. The van der Waals surface area contributed by atoms with Crippen molar-refractivity contribution in [2.45, 2.75) is 12.7 Å². The molecular formula is C22H21NO4. The van der Waals surface area contributed by atoms with Crippen molar-refractivity contribution in [2.75, 3.05) is 25.6 Å². The van der Waals surface area contributed by atoms with Crippen LogP contribution in [-0.2, 0) is 9.47 Å². The molecule has 1 saturated heterocycles. The van der Waals surface area contributed by atoms with E-state index < -0.39 is 0 Å². The van der Waals surface area contributed by atoms with Gasteiger partial charge in [0.1, 0.15) is 5.75 Å². The number of methoxy groups -OCH3 is 1. The molecule has 1 aliphatic rings. The SMILES string of the molecule is COc1c(C(=O)Nc2cccc(C3OCCCO3)c2)ccc2ccccc12. The lowest BCUT2D eigenvalue weighted by Gasteiger charge is -2.23. The molecule has 0 saturated carbocycles. The average molecular weight is 363 g/mol. The van der Waals surface area contributed by atoms with Gasteiger partial charge in [-0.05, 0) is 30.0 Å². The van der Waals surface area contributed by atoms with Crippen LogP contribution < -0.4 is 10.1 Å². The molecule has 1 N–H and O–H groups in total. The van der Waals surface area contributed by atoms with Gasteiger partial charge in [-0.25, -0.2) is 0 Å². The molecule has 0 spiro atoms. The van der Waals surface area contributed by atoms with Crippen molar-refractivity contribution >= 4 is 22.4 Å². The van der Waals surface area contributed by atoms with E-state index in [2.05, 4.69) is 5.32 Å². The van der Waals surface area contributed by atoms with Gasteiger partial charge in [-0.1, -0.05) is 42.5 Å². The molecule has 3 aromatic rings. The molecule has 5 nitrogen and oxygen atoms in total. The maximum absolute atomic E-state index is 12.9. The van der Waals surface area contributed by atoms with Crippen LogP contribution in [0.2, 0.25) is 0 Å². The summed E-state index contributed by atoms with van der Waals surface area (Å²) >= 11 is 0. The van der Waals surface area contributed by atoms with Gasteiger partial charge in [0.05, 0.1) is 25.9 Å². The molecule has 0 radical (unpaired) electrons. The molecule has 138 valence electrons. The highest BCUT2D eigenvalue weighted by atomic mass is 16.7. The van der Waals surface area contributed by atoms with Gasteiger partial charge in [-0.2, -0.15) is 0 Å². The lowest BCUT2D eigenvalue weighted by atomic mass is 10.0. The van der Waals surface area contributed by atoms with Gasteiger partial charge in [0.25, 0.3) is 5.91 Å². The summed E-state index contributed by atoms with van der Waals surface area (Å²) in [6.45, 7) is 1.35. The predicted molar refractivity (Wildman–Crippen MR) is 104 cm³/mol. The Morgan fingerprint density at radius 3 is 2.67 bits per heavy atom. The maximum atomic E-state index is 12.9. The number of nitrogens with one attached hydrogen (secondary N) is 1. The zero-order chi connectivity index (χ0) is 18.6. The van der Waals surface area contributed by atoms with E-state index in [0.29, 0.717) is 30.2 Å². The van der Waals surface area contributed by atoms with Crippen LogP contribution in [0.5, 0.6) is 5.75 Å². The Bertz CT molecular complexity index is 963. The highest BCUT2D eigenvalue weighted by Crippen LogP contribution is 2.31. The van der Waals surface area contributed by atoms with E-state index in [1.165, 1.54) is 0 Å². The number of carbonyl (C=O) groups excluding carboxylic acids is 1. The summed E-state index contributed by atoms with van der Waals surface area (Å²) in [7, 11) is 1.58. The zero-order valence-electron chi connectivity index (χ0n) is 15.1. The number of fused-ring (bicyclic) bond motifs is 1. The molecule has 1 amide bonds. The number of ether oxygens (including phenoxy) is 3. The van der Waals surface area contributed by atoms with Crippen molar-refractivity contribution in [3.63, 3.8) is 0 Å².